The largest absolute Gasteiger partial charge is 0.198 e. The lowest BCUT2D eigenvalue weighted by atomic mass is 9.76. The van der Waals surface area contributed by atoms with E-state index in [1.54, 1.807) is 0 Å². The van der Waals surface area contributed by atoms with Gasteiger partial charge in [0.25, 0.3) is 0 Å². The third-order valence-corrected chi connectivity index (χ3v) is 6.54. The zero-order valence-electron chi connectivity index (χ0n) is 16.0. The smallest absolute Gasteiger partial charge is 0.0655 e. The minimum atomic E-state index is 0.366. The highest BCUT2D eigenvalue weighted by atomic mass is 14.3. The minimum Gasteiger partial charge on any atom is -0.198 e. The highest BCUT2D eigenvalue weighted by Crippen LogP contribution is 2.36. The Hall–Kier alpha value is -0.770. The normalized spacial score (nSPS) is 31.2. The molecule has 0 saturated heterocycles. The zero-order chi connectivity index (χ0) is 17.0. The Labute approximate surface area is 150 Å². The van der Waals surface area contributed by atoms with Gasteiger partial charge in [0.15, 0.2) is 0 Å². The molecule has 1 heteroatoms. The number of allylic oxidation sites excluding steroid dienone is 2. The monoisotopic (exact) mass is 329 g/mol. The molecule has 2 fully saturated rings. The standard InChI is InChI=1S/C23H39N/c1-2-3-4-5-6-7-8-20-9-11-21(12-10-20)13-14-22-15-17-23(19-24)18-16-22/h7-8,20-23H,2-6,9-18H2,1H3/t20-,21-,22-,23-. The van der Waals surface area contributed by atoms with Crippen molar-refractivity contribution < 1.29 is 0 Å². The van der Waals surface area contributed by atoms with Crippen LogP contribution < -0.4 is 0 Å². The van der Waals surface area contributed by atoms with Crippen molar-refractivity contribution in [3.8, 4) is 6.07 Å². The molecule has 0 aromatic heterocycles. The van der Waals surface area contributed by atoms with E-state index in [0.717, 1.165) is 30.6 Å². The Morgan fingerprint density at radius 1 is 0.833 bits per heavy atom. The summed E-state index contributed by atoms with van der Waals surface area (Å²) in [6, 6.07) is 2.46. The Morgan fingerprint density at radius 3 is 2.04 bits per heavy atom. The molecule has 136 valence electrons. The number of hydrogen-bond acceptors (Lipinski definition) is 1. The van der Waals surface area contributed by atoms with Gasteiger partial charge in [0.1, 0.15) is 0 Å². The van der Waals surface area contributed by atoms with Gasteiger partial charge in [0.2, 0.25) is 0 Å². The summed E-state index contributed by atoms with van der Waals surface area (Å²) >= 11 is 0. The molecular weight excluding hydrogens is 290 g/mol. The SMILES string of the molecule is CCCCCCC=C[C@H]1CC[C@H](CC[C@H]2CC[C@H](C#N)CC2)CC1. The van der Waals surface area contributed by atoms with Crippen LogP contribution in [-0.4, -0.2) is 0 Å². The van der Waals surface area contributed by atoms with Crippen molar-refractivity contribution in [3.05, 3.63) is 12.2 Å². The van der Waals surface area contributed by atoms with E-state index >= 15 is 0 Å². The molecule has 0 spiro atoms. The third kappa shape index (κ3) is 7.42. The Bertz CT molecular complexity index is 375. The lowest BCUT2D eigenvalue weighted by Gasteiger charge is -2.30. The Balaban J connectivity index is 1.52. The van der Waals surface area contributed by atoms with Crippen LogP contribution in [0.25, 0.3) is 0 Å². The number of nitriles is 1. The van der Waals surface area contributed by atoms with Crippen LogP contribution in [0.3, 0.4) is 0 Å². The van der Waals surface area contributed by atoms with Crippen LogP contribution in [-0.2, 0) is 0 Å². The summed E-state index contributed by atoms with van der Waals surface area (Å²) in [6.45, 7) is 2.28. The molecule has 24 heavy (non-hydrogen) atoms. The second-order valence-corrected chi connectivity index (χ2v) is 8.48. The molecular formula is C23H39N. The van der Waals surface area contributed by atoms with Crippen molar-refractivity contribution in [2.75, 3.05) is 0 Å². The van der Waals surface area contributed by atoms with E-state index in [1.807, 2.05) is 0 Å². The number of rotatable bonds is 9. The summed E-state index contributed by atoms with van der Waals surface area (Å²) in [6.07, 6.45) is 25.4. The third-order valence-electron chi connectivity index (χ3n) is 6.54. The first-order valence-corrected chi connectivity index (χ1v) is 10.9. The highest BCUT2D eigenvalue weighted by Gasteiger charge is 2.23. The van der Waals surface area contributed by atoms with Crippen molar-refractivity contribution in [2.45, 2.75) is 103 Å². The maximum absolute atomic E-state index is 9.00. The molecule has 1 nitrogen and oxygen atoms in total. The predicted molar refractivity (Wildman–Crippen MR) is 104 cm³/mol. The molecule has 0 N–H and O–H groups in total. The summed E-state index contributed by atoms with van der Waals surface area (Å²) in [5, 5.41) is 9.00. The lowest BCUT2D eigenvalue weighted by molar-refractivity contribution is 0.242. The van der Waals surface area contributed by atoms with Gasteiger partial charge in [-0.1, -0.05) is 51.2 Å². The lowest BCUT2D eigenvalue weighted by Crippen LogP contribution is -2.17. The van der Waals surface area contributed by atoms with Crippen LogP contribution in [0.15, 0.2) is 12.2 Å². The van der Waals surface area contributed by atoms with E-state index in [2.05, 4.69) is 25.1 Å². The summed E-state index contributed by atoms with van der Waals surface area (Å²) < 4.78 is 0. The molecule has 2 rings (SSSR count). The van der Waals surface area contributed by atoms with Crippen LogP contribution in [0.4, 0.5) is 0 Å². The second kappa shape index (κ2) is 11.7. The number of unbranched alkanes of at least 4 members (excludes halogenated alkanes) is 4. The van der Waals surface area contributed by atoms with Crippen LogP contribution in [0.1, 0.15) is 103 Å². The molecule has 0 bridgehead atoms. The predicted octanol–water partition coefficient (Wildman–Crippen LogP) is 7.43. The van der Waals surface area contributed by atoms with Crippen molar-refractivity contribution in [1.29, 1.82) is 5.26 Å². The Kier molecular flexibility index (Phi) is 9.55. The quantitative estimate of drug-likeness (QED) is 0.319. The van der Waals surface area contributed by atoms with Crippen molar-refractivity contribution in [1.82, 2.24) is 0 Å². The molecule has 2 aliphatic carbocycles. The Morgan fingerprint density at radius 2 is 1.46 bits per heavy atom. The van der Waals surface area contributed by atoms with Crippen molar-refractivity contribution in [3.63, 3.8) is 0 Å². The number of hydrogen-bond donors (Lipinski definition) is 0. The van der Waals surface area contributed by atoms with Crippen molar-refractivity contribution in [2.24, 2.45) is 23.7 Å². The first kappa shape index (κ1) is 19.6. The van der Waals surface area contributed by atoms with Crippen LogP contribution in [0.2, 0.25) is 0 Å². The first-order chi connectivity index (χ1) is 11.8. The van der Waals surface area contributed by atoms with Gasteiger partial charge >= 0.3 is 0 Å². The van der Waals surface area contributed by atoms with E-state index in [1.165, 1.54) is 83.5 Å². The summed E-state index contributed by atoms with van der Waals surface area (Å²) in [5.41, 5.74) is 0. The zero-order valence-corrected chi connectivity index (χ0v) is 16.0. The van der Waals surface area contributed by atoms with Crippen LogP contribution in [0, 0.1) is 35.0 Å². The van der Waals surface area contributed by atoms with E-state index < -0.39 is 0 Å². The summed E-state index contributed by atoms with van der Waals surface area (Å²) in [4.78, 5) is 0. The van der Waals surface area contributed by atoms with Crippen molar-refractivity contribution >= 4 is 0 Å². The van der Waals surface area contributed by atoms with Gasteiger partial charge in [-0.05, 0) is 82.0 Å². The molecule has 0 aromatic carbocycles. The average molecular weight is 330 g/mol. The molecule has 0 aromatic rings. The van der Waals surface area contributed by atoms with E-state index in [4.69, 9.17) is 5.26 Å². The molecule has 0 heterocycles. The molecule has 0 unspecified atom stereocenters. The minimum absolute atomic E-state index is 0.366. The summed E-state index contributed by atoms with van der Waals surface area (Å²) in [7, 11) is 0. The molecule has 0 aliphatic heterocycles. The van der Waals surface area contributed by atoms with Gasteiger partial charge in [0, 0.05) is 5.92 Å². The van der Waals surface area contributed by atoms with Crippen LogP contribution in [0.5, 0.6) is 0 Å². The van der Waals surface area contributed by atoms with E-state index in [-0.39, 0.29) is 0 Å². The maximum atomic E-state index is 9.00. The summed E-state index contributed by atoms with van der Waals surface area (Å²) in [5.74, 6) is 3.16. The van der Waals surface area contributed by atoms with Crippen LogP contribution >= 0.6 is 0 Å². The van der Waals surface area contributed by atoms with E-state index in [9.17, 15) is 0 Å². The van der Waals surface area contributed by atoms with Gasteiger partial charge in [-0.15, -0.1) is 0 Å². The molecule has 0 amide bonds. The molecule has 2 saturated carbocycles. The molecule has 2 aliphatic rings. The fourth-order valence-corrected chi connectivity index (χ4v) is 4.70. The van der Waals surface area contributed by atoms with Gasteiger partial charge in [-0.25, -0.2) is 0 Å². The second-order valence-electron chi connectivity index (χ2n) is 8.48. The van der Waals surface area contributed by atoms with Gasteiger partial charge < -0.3 is 0 Å². The average Bonchev–Trinajstić information content (AvgIpc) is 2.64. The molecule has 0 radical (unpaired) electrons. The topological polar surface area (TPSA) is 23.8 Å². The van der Waals surface area contributed by atoms with E-state index in [0.29, 0.717) is 5.92 Å². The molecule has 0 atom stereocenters. The van der Waals surface area contributed by atoms with Gasteiger partial charge in [-0.3, -0.25) is 0 Å². The van der Waals surface area contributed by atoms with Gasteiger partial charge in [-0.2, -0.15) is 5.26 Å². The fraction of sp³-hybridized carbons (Fsp3) is 0.870. The highest BCUT2D eigenvalue weighted by molar-refractivity contribution is 4.91. The maximum Gasteiger partial charge on any atom is 0.0655 e. The first-order valence-electron chi connectivity index (χ1n) is 10.9. The van der Waals surface area contributed by atoms with Gasteiger partial charge in [0.05, 0.1) is 6.07 Å². The number of nitrogens with zero attached hydrogens (tertiary/aromatic N) is 1. The fourth-order valence-electron chi connectivity index (χ4n) is 4.70.